The largest absolute Gasteiger partial charge is 0.384 e. The third-order valence-electron chi connectivity index (χ3n) is 3.48. The Bertz CT molecular complexity index is 484. The number of benzene rings is 1. The number of hydrogen-bond acceptors (Lipinski definition) is 5. The molecule has 2 aliphatic heterocycles. The first-order valence-corrected chi connectivity index (χ1v) is 6.14. The van der Waals surface area contributed by atoms with E-state index in [1.54, 1.807) is 6.07 Å². The Kier molecular flexibility index (Phi) is 2.79. The lowest BCUT2D eigenvalue weighted by molar-refractivity contribution is -0.384. The van der Waals surface area contributed by atoms with Crippen LogP contribution in [0, 0.1) is 10.1 Å². The maximum atomic E-state index is 11.2. The molecule has 6 nitrogen and oxygen atoms in total. The lowest BCUT2D eigenvalue weighted by Crippen LogP contribution is -2.37. The van der Waals surface area contributed by atoms with E-state index in [1.807, 2.05) is 6.07 Å². The first-order chi connectivity index (χ1) is 8.77. The highest BCUT2D eigenvalue weighted by Gasteiger charge is 2.28. The van der Waals surface area contributed by atoms with Gasteiger partial charge in [-0.3, -0.25) is 10.1 Å². The highest BCUT2D eigenvalue weighted by molar-refractivity contribution is 5.78. The summed E-state index contributed by atoms with van der Waals surface area (Å²) in [6, 6.07) is 3.41. The third-order valence-corrected chi connectivity index (χ3v) is 3.48. The van der Waals surface area contributed by atoms with Gasteiger partial charge in [0.25, 0.3) is 5.69 Å². The zero-order valence-corrected chi connectivity index (χ0v) is 10.0. The second-order valence-corrected chi connectivity index (χ2v) is 4.49. The summed E-state index contributed by atoms with van der Waals surface area (Å²) in [5.41, 5.74) is 3.10. The molecule has 2 aliphatic rings. The second kappa shape index (κ2) is 4.45. The van der Waals surface area contributed by atoms with Crippen molar-refractivity contribution in [3.8, 4) is 0 Å². The average Bonchev–Trinajstić information content (AvgIpc) is 2.86. The Morgan fingerprint density at radius 2 is 2.11 bits per heavy atom. The van der Waals surface area contributed by atoms with Crippen molar-refractivity contribution in [2.75, 3.05) is 43.1 Å². The van der Waals surface area contributed by atoms with Gasteiger partial charge in [-0.05, 0) is 12.5 Å². The average molecular weight is 249 g/mol. The van der Waals surface area contributed by atoms with Crippen LogP contribution in [-0.4, -0.2) is 37.8 Å². The second-order valence-electron chi connectivity index (χ2n) is 4.49. The molecule has 6 heteroatoms. The summed E-state index contributed by atoms with van der Waals surface area (Å²) in [5.74, 6) is 0. The molecular formula is C12H15N3O3. The first-order valence-electron chi connectivity index (χ1n) is 6.14. The Labute approximate surface area is 105 Å². The van der Waals surface area contributed by atoms with Crippen LogP contribution in [0.2, 0.25) is 0 Å². The molecule has 1 aromatic carbocycles. The van der Waals surface area contributed by atoms with Gasteiger partial charge in [0.1, 0.15) is 5.69 Å². The van der Waals surface area contributed by atoms with Gasteiger partial charge in [-0.25, -0.2) is 0 Å². The predicted molar refractivity (Wildman–Crippen MR) is 68.3 cm³/mol. The zero-order chi connectivity index (χ0) is 12.5. The smallest absolute Gasteiger partial charge is 0.292 e. The van der Waals surface area contributed by atoms with Crippen LogP contribution in [0.25, 0.3) is 0 Å². The number of morpholine rings is 1. The van der Waals surface area contributed by atoms with Crippen LogP contribution in [0.1, 0.15) is 5.56 Å². The molecule has 0 aromatic heterocycles. The van der Waals surface area contributed by atoms with E-state index in [0.29, 0.717) is 13.2 Å². The van der Waals surface area contributed by atoms with Crippen molar-refractivity contribution >= 4 is 17.1 Å². The molecule has 0 aliphatic carbocycles. The minimum absolute atomic E-state index is 0.208. The normalized spacial score (nSPS) is 18.3. The predicted octanol–water partition coefficient (Wildman–Crippen LogP) is 1.40. The van der Waals surface area contributed by atoms with Gasteiger partial charge in [-0.15, -0.1) is 0 Å². The first kappa shape index (κ1) is 11.3. The van der Waals surface area contributed by atoms with Crippen LogP contribution < -0.4 is 10.2 Å². The van der Waals surface area contributed by atoms with Crippen molar-refractivity contribution < 1.29 is 9.66 Å². The number of nitrogens with one attached hydrogen (secondary N) is 1. The Morgan fingerprint density at radius 3 is 2.83 bits per heavy atom. The van der Waals surface area contributed by atoms with E-state index in [4.69, 9.17) is 4.74 Å². The third kappa shape index (κ3) is 1.78. The van der Waals surface area contributed by atoms with Crippen molar-refractivity contribution in [1.29, 1.82) is 0 Å². The number of ether oxygens (including phenoxy) is 1. The van der Waals surface area contributed by atoms with E-state index in [9.17, 15) is 10.1 Å². The van der Waals surface area contributed by atoms with Crippen LogP contribution in [0.3, 0.4) is 0 Å². The molecule has 1 N–H and O–H groups in total. The van der Waals surface area contributed by atoms with Crippen molar-refractivity contribution in [3.05, 3.63) is 27.8 Å². The summed E-state index contributed by atoms with van der Waals surface area (Å²) in [7, 11) is 0. The van der Waals surface area contributed by atoms with Gasteiger partial charge in [0.05, 0.1) is 18.1 Å². The summed E-state index contributed by atoms with van der Waals surface area (Å²) < 4.78 is 5.31. The summed E-state index contributed by atoms with van der Waals surface area (Å²) in [5, 5.41) is 14.5. The van der Waals surface area contributed by atoms with Crippen LogP contribution in [0.4, 0.5) is 17.1 Å². The van der Waals surface area contributed by atoms with Gasteiger partial charge < -0.3 is 15.0 Å². The topological polar surface area (TPSA) is 67.6 Å². The molecule has 0 unspecified atom stereocenters. The van der Waals surface area contributed by atoms with E-state index in [1.165, 1.54) is 0 Å². The minimum atomic E-state index is -0.288. The fourth-order valence-electron chi connectivity index (χ4n) is 2.65. The van der Waals surface area contributed by atoms with Crippen molar-refractivity contribution in [3.63, 3.8) is 0 Å². The Balaban J connectivity index is 2.08. The lowest BCUT2D eigenvalue weighted by atomic mass is 10.1. The molecule has 1 saturated heterocycles. The SMILES string of the molecule is O=[N+]([O-])c1ccc2c(c1N1CCOCC1)CCN2. The Hall–Kier alpha value is -1.82. The lowest BCUT2D eigenvalue weighted by Gasteiger charge is -2.30. The monoisotopic (exact) mass is 249 g/mol. The van der Waals surface area contributed by atoms with Crippen molar-refractivity contribution in [2.24, 2.45) is 0 Å². The van der Waals surface area contributed by atoms with Gasteiger partial charge >= 0.3 is 0 Å². The Morgan fingerprint density at radius 1 is 1.33 bits per heavy atom. The van der Waals surface area contributed by atoms with Crippen LogP contribution in [0.15, 0.2) is 12.1 Å². The van der Waals surface area contributed by atoms with E-state index in [0.717, 1.165) is 43.0 Å². The summed E-state index contributed by atoms with van der Waals surface area (Å²) in [6.45, 7) is 3.56. The van der Waals surface area contributed by atoms with Crippen LogP contribution in [0.5, 0.6) is 0 Å². The van der Waals surface area contributed by atoms with Crippen molar-refractivity contribution in [1.82, 2.24) is 0 Å². The van der Waals surface area contributed by atoms with Gasteiger partial charge in [0, 0.05) is 37.0 Å². The molecule has 0 radical (unpaired) electrons. The molecule has 1 aromatic rings. The summed E-state index contributed by atoms with van der Waals surface area (Å²) in [6.07, 6.45) is 0.851. The van der Waals surface area contributed by atoms with Gasteiger partial charge in [-0.1, -0.05) is 0 Å². The molecule has 18 heavy (non-hydrogen) atoms. The number of nitro benzene ring substituents is 1. The number of nitrogens with zero attached hydrogens (tertiary/aromatic N) is 2. The van der Waals surface area contributed by atoms with E-state index < -0.39 is 0 Å². The number of hydrogen-bond donors (Lipinski definition) is 1. The fraction of sp³-hybridized carbons (Fsp3) is 0.500. The maximum Gasteiger partial charge on any atom is 0.292 e. The molecule has 0 atom stereocenters. The molecule has 2 heterocycles. The summed E-state index contributed by atoms with van der Waals surface area (Å²) >= 11 is 0. The molecule has 0 bridgehead atoms. The fourth-order valence-corrected chi connectivity index (χ4v) is 2.65. The minimum Gasteiger partial charge on any atom is -0.384 e. The highest BCUT2D eigenvalue weighted by atomic mass is 16.6. The van der Waals surface area contributed by atoms with E-state index >= 15 is 0 Å². The van der Waals surface area contributed by atoms with Gasteiger partial charge in [0.2, 0.25) is 0 Å². The highest BCUT2D eigenvalue weighted by Crippen LogP contribution is 2.39. The maximum absolute atomic E-state index is 11.2. The number of fused-ring (bicyclic) bond motifs is 1. The zero-order valence-electron chi connectivity index (χ0n) is 10.0. The van der Waals surface area contributed by atoms with Crippen LogP contribution in [-0.2, 0) is 11.2 Å². The van der Waals surface area contributed by atoms with E-state index in [-0.39, 0.29) is 10.6 Å². The standard InChI is InChI=1S/C12H15N3O3/c16-15(17)11-2-1-10-9(3-4-13-10)12(11)14-5-7-18-8-6-14/h1-2,13H,3-8H2. The molecule has 0 spiro atoms. The number of rotatable bonds is 2. The number of anilines is 2. The van der Waals surface area contributed by atoms with Crippen LogP contribution >= 0.6 is 0 Å². The molecule has 0 amide bonds. The molecule has 96 valence electrons. The van der Waals surface area contributed by atoms with E-state index in [2.05, 4.69) is 10.2 Å². The van der Waals surface area contributed by atoms with Gasteiger partial charge in [-0.2, -0.15) is 0 Å². The number of nitro groups is 1. The van der Waals surface area contributed by atoms with Crippen molar-refractivity contribution in [2.45, 2.75) is 6.42 Å². The summed E-state index contributed by atoms with van der Waals surface area (Å²) in [4.78, 5) is 13.0. The molecule has 0 saturated carbocycles. The molecule has 3 rings (SSSR count). The molecule has 1 fully saturated rings. The molecular weight excluding hydrogens is 234 g/mol. The van der Waals surface area contributed by atoms with Gasteiger partial charge in [0.15, 0.2) is 0 Å². The quantitative estimate of drug-likeness (QED) is 0.634.